The number of nitrogens with zero attached hydrogens (tertiary/aromatic N) is 4. The van der Waals surface area contributed by atoms with E-state index in [4.69, 9.17) is 15.0 Å². The van der Waals surface area contributed by atoms with Crippen molar-refractivity contribution in [2.45, 2.75) is 175 Å². The van der Waals surface area contributed by atoms with Crippen LogP contribution in [0.2, 0.25) is 0 Å². The fraction of sp³-hybridized carbons (Fsp3) is 0.667. The molecular formula is C45H70N4O2. The van der Waals surface area contributed by atoms with Crippen LogP contribution in [0.5, 0.6) is 11.5 Å². The number of hydrogen-bond donors (Lipinski definition) is 2. The van der Waals surface area contributed by atoms with Crippen molar-refractivity contribution in [1.82, 2.24) is 4.90 Å². The SMILES string of the molecule is CCCCN(CCCc1cc(C(C)(C)C)cc(/C=N/C2CCCCC2/N=C/c2cc(C(C)(C)C)cc(C(C)(C)C)c2O)c1O)C1=NCCCCC1. The Hall–Kier alpha value is -3.15. The molecule has 0 aromatic heterocycles. The van der Waals surface area contributed by atoms with Crippen molar-refractivity contribution in [3.63, 3.8) is 0 Å². The molecule has 1 aliphatic carbocycles. The van der Waals surface area contributed by atoms with Crippen LogP contribution in [0.15, 0.2) is 39.2 Å². The van der Waals surface area contributed by atoms with Gasteiger partial charge in [-0.1, -0.05) is 107 Å². The molecule has 4 rings (SSSR count). The molecular weight excluding hydrogens is 629 g/mol. The van der Waals surface area contributed by atoms with Gasteiger partial charge in [-0.2, -0.15) is 0 Å². The first-order valence-electron chi connectivity index (χ1n) is 20.1. The summed E-state index contributed by atoms with van der Waals surface area (Å²) >= 11 is 0. The van der Waals surface area contributed by atoms with Gasteiger partial charge in [0.25, 0.3) is 0 Å². The lowest BCUT2D eigenvalue weighted by atomic mass is 9.79. The molecule has 2 N–H and O–H groups in total. The number of phenols is 2. The molecule has 2 aromatic carbocycles. The lowest BCUT2D eigenvalue weighted by Crippen LogP contribution is -2.33. The molecule has 1 fully saturated rings. The van der Waals surface area contributed by atoms with Crippen molar-refractivity contribution >= 4 is 18.3 Å². The molecule has 1 aliphatic heterocycles. The monoisotopic (exact) mass is 699 g/mol. The van der Waals surface area contributed by atoms with Gasteiger partial charge < -0.3 is 15.1 Å². The quantitative estimate of drug-likeness (QED) is 0.229. The van der Waals surface area contributed by atoms with Gasteiger partial charge in [0.05, 0.1) is 17.9 Å². The van der Waals surface area contributed by atoms with E-state index in [0.29, 0.717) is 11.5 Å². The third-order valence-electron chi connectivity index (χ3n) is 10.8. The fourth-order valence-electron chi connectivity index (χ4n) is 7.29. The molecule has 2 atom stereocenters. The second kappa shape index (κ2) is 17.6. The maximum atomic E-state index is 11.6. The van der Waals surface area contributed by atoms with Crippen LogP contribution in [0, 0.1) is 0 Å². The molecule has 0 bridgehead atoms. The Morgan fingerprint density at radius 3 is 1.84 bits per heavy atom. The van der Waals surface area contributed by atoms with E-state index in [1.54, 1.807) is 0 Å². The second-order valence-electron chi connectivity index (χ2n) is 18.3. The van der Waals surface area contributed by atoms with E-state index < -0.39 is 0 Å². The summed E-state index contributed by atoms with van der Waals surface area (Å²) in [5.74, 6) is 1.97. The number of unbranched alkanes of at least 4 members (excludes halogenated alkanes) is 1. The van der Waals surface area contributed by atoms with E-state index in [1.165, 1.54) is 49.1 Å². The highest BCUT2D eigenvalue weighted by Crippen LogP contribution is 2.38. The summed E-state index contributed by atoms with van der Waals surface area (Å²) < 4.78 is 0. The summed E-state index contributed by atoms with van der Waals surface area (Å²) in [5.41, 5.74) is 5.65. The Morgan fingerprint density at radius 2 is 1.27 bits per heavy atom. The van der Waals surface area contributed by atoms with Crippen LogP contribution in [-0.2, 0) is 22.7 Å². The van der Waals surface area contributed by atoms with E-state index in [0.717, 1.165) is 86.8 Å². The summed E-state index contributed by atoms with van der Waals surface area (Å²) in [6.45, 7) is 25.0. The van der Waals surface area contributed by atoms with Crippen LogP contribution in [0.4, 0.5) is 0 Å². The molecule has 2 aliphatic rings. The van der Waals surface area contributed by atoms with Gasteiger partial charge in [0.15, 0.2) is 0 Å². The minimum atomic E-state index is -0.188. The zero-order valence-corrected chi connectivity index (χ0v) is 33.9. The summed E-state index contributed by atoms with van der Waals surface area (Å²) in [6, 6.07) is 8.64. The average molecular weight is 699 g/mol. The van der Waals surface area contributed by atoms with Crippen LogP contribution in [-0.4, -0.2) is 65.1 Å². The van der Waals surface area contributed by atoms with Gasteiger partial charge in [0.1, 0.15) is 11.5 Å². The number of aromatic hydroxyl groups is 2. The Labute approximate surface area is 311 Å². The number of phenolic OH excluding ortho intramolecular Hbond substituents is 2. The number of benzene rings is 2. The van der Waals surface area contributed by atoms with Crippen molar-refractivity contribution in [3.05, 3.63) is 57.6 Å². The van der Waals surface area contributed by atoms with E-state index in [1.807, 2.05) is 12.4 Å². The summed E-state index contributed by atoms with van der Waals surface area (Å²) in [5, 5.41) is 23.0. The van der Waals surface area contributed by atoms with Crippen molar-refractivity contribution in [3.8, 4) is 11.5 Å². The standard InChI is InChI=1S/C45H70N4O2/c1-11-12-24-49(40-22-14-13-17-23-46-40)25-18-19-32-26-35(43(2,3)4)27-33(41(32)50)30-47-38-20-15-16-21-39(38)48-31-34-28-36(44(5,6)7)29-37(42(34)51)45(8,9)10/h26-31,38-39,50-51H,11-25H2,1-10H3/b47-30+,48-31+. The van der Waals surface area contributed by atoms with Gasteiger partial charge in [-0.3, -0.25) is 15.0 Å². The van der Waals surface area contributed by atoms with Crippen molar-refractivity contribution < 1.29 is 10.2 Å². The van der Waals surface area contributed by atoms with E-state index in [-0.39, 0.29) is 28.3 Å². The maximum absolute atomic E-state index is 11.6. The first-order valence-corrected chi connectivity index (χ1v) is 20.1. The predicted molar refractivity (Wildman–Crippen MR) is 219 cm³/mol. The topological polar surface area (TPSA) is 80.8 Å². The van der Waals surface area contributed by atoms with Crippen LogP contribution in [0.3, 0.4) is 0 Å². The minimum absolute atomic E-state index is 0.0265. The summed E-state index contributed by atoms with van der Waals surface area (Å²) in [6.07, 6.45) is 16.9. The Balaban J connectivity index is 1.57. The van der Waals surface area contributed by atoms with E-state index in [2.05, 4.69) is 98.4 Å². The zero-order valence-electron chi connectivity index (χ0n) is 33.9. The van der Waals surface area contributed by atoms with Crippen molar-refractivity contribution in [2.24, 2.45) is 15.0 Å². The minimum Gasteiger partial charge on any atom is -0.507 e. The van der Waals surface area contributed by atoms with Gasteiger partial charge >= 0.3 is 0 Å². The first kappa shape index (κ1) is 40.6. The highest BCUT2D eigenvalue weighted by Gasteiger charge is 2.27. The zero-order chi connectivity index (χ0) is 37.4. The highest BCUT2D eigenvalue weighted by molar-refractivity contribution is 5.86. The molecule has 282 valence electrons. The molecule has 0 radical (unpaired) electrons. The lowest BCUT2D eigenvalue weighted by Gasteiger charge is -2.28. The van der Waals surface area contributed by atoms with Crippen LogP contribution in [0.25, 0.3) is 0 Å². The summed E-state index contributed by atoms with van der Waals surface area (Å²) in [7, 11) is 0. The third kappa shape index (κ3) is 11.4. The maximum Gasteiger partial charge on any atom is 0.128 e. The number of aryl methyl sites for hydroxylation is 1. The van der Waals surface area contributed by atoms with Gasteiger partial charge in [-0.15, -0.1) is 0 Å². The lowest BCUT2D eigenvalue weighted by molar-refractivity contribution is 0.388. The van der Waals surface area contributed by atoms with E-state index in [9.17, 15) is 10.2 Å². The van der Waals surface area contributed by atoms with Crippen molar-refractivity contribution in [2.75, 3.05) is 19.6 Å². The molecule has 1 heterocycles. The van der Waals surface area contributed by atoms with Crippen LogP contribution >= 0.6 is 0 Å². The highest BCUT2D eigenvalue weighted by atomic mass is 16.3. The van der Waals surface area contributed by atoms with Crippen LogP contribution < -0.4 is 0 Å². The Morgan fingerprint density at radius 1 is 0.706 bits per heavy atom. The van der Waals surface area contributed by atoms with Gasteiger partial charge in [-0.05, 0) is 90.0 Å². The first-order chi connectivity index (χ1) is 24.0. The van der Waals surface area contributed by atoms with Gasteiger partial charge in [-0.25, -0.2) is 0 Å². The second-order valence-corrected chi connectivity index (χ2v) is 18.3. The molecule has 1 saturated carbocycles. The summed E-state index contributed by atoms with van der Waals surface area (Å²) in [4.78, 5) is 17.7. The Bertz CT molecular complexity index is 1530. The number of aliphatic imine (C=N–C) groups is 3. The largest absolute Gasteiger partial charge is 0.507 e. The molecule has 51 heavy (non-hydrogen) atoms. The van der Waals surface area contributed by atoms with Gasteiger partial charge in [0.2, 0.25) is 0 Å². The molecule has 2 aromatic rings. The molecule has 0 spiro atoms. The van der Waals surface area contributed by atoms with E-state index >= 15 is 0 Å². The van der Waals surface area contributed by atoms with Gasteiger partial charge in [0, 0.05) is 55.2 Å². The normalized spacial score (nSPS) is 19.5. The molecule has 0 saturated heterocycles. The predicted octanol–water partition coefficient (Wildman–Crippen LogP) is 10.8. The number of amidine groups is 1. The number of rotatable bonds is 11. The third-order valence-corrected chi connectivity index (χ3v) is 10.8. The van der Waals surface area contributed by atoms with Crippen molar-refractivity contribution in [1.29, 1.82) is 0 Å². The molecule has 6 nitrogen and oxygen atoms in total. The average Bonchev–Trinajstić information content (AvgIpc) is 3.34. The smallest absolute Gasteiger partial charge is 0.128 e. The molecule has 0 amide bonds. The van der Waals surface area contributed by atoms with Crippen LogP contribution in [0.1, 0.15) is 173 Å². The molecule has 6 heteroatoms. The Kier molecular flexibility index (Phi) is 14.0. The fourth-order valence-corrected chi connectivity index (χ4v) is 7.29. The number of hydrogen-bond acceptors (Lipinski definition) is 6. The molecule has 2 unspecified atom stereocenters.